The summed E-state index contributed by atoms with van der Waals surface area (Å²) < 4.78 is 29.3. The van der Waals surface area contributed by atoms with E-state index >= 15 is 0 Å². The van der Waals surface area contributed by atoms with E-state index in [-0.39, 0.29) is 10.6 Å². The fourth-order valence-corrected chi connectivity index (χ4v) is 2.67. The second-order valence-electron chi connectivity index (χ2n) is 3.93. The zero-order valence-corrected chi connectivity index (χ0v) is 10.6. The predicted molar refractivity (Wildman–Crippen MR) is 70.3 cm³/mol. The van der Waals surface area contributed by atoms with Gasteiger partial charge in [0.25, 0.3) is 0 Å². The molecule has 0 aliphatic rings. The number of H-pyrrole nitrogens is 1. The Morgan fingerprint density at radius 2 is 1.84 bits per heavy atom. The third-order valence-corrected chi connectivity index (χ3v) is 3.87. The number of nitrogens with zero attached hydrogens (tertiary/aromatic N) is 1. The number of para-hydroxylation sites is 1. The number of nitrogens with one attached hydrogen (secondary N) is 1. The Morgan fingerprint density at radius 1 is 1.05 bits per heavy atom. The highest BCUT2D eigenvalue weighted by atomic mass is 32.2. The molecule has 0 aliphatic carbocycles. The van der Waals surface area contributed by atoms with Crippen molar-refractivity contribution in [3.8, 4) is 5.75 Å². The Bertz CT molecular complexity index is 810. The van der Waals surface area contributed by atoms with Crippen LogP contribution in [0.5, 0.6) is 5.75 Å². The normalized spacial score (nSPS) is 11.6. The number of aromatic amines is 1. The van der Waals surface area contributed by atoms with Gasteiger partial charge in [0.1, 0.15) is 10.6 Å². The van der Waals surface area contributed by atoms with Crippen molar-refractivity contribution >= 4 is 21.2 Å². The highest BCUT2D eigenvalue weighted by molar-refractivity contribution is 7.87. The van der Waals surface area contributed by atoms with Gasteiger partial charge in [0, 0.05) is 0 Å². The first-order valence-corrected chi connectivity index (χ1v) is 6.99. The summed E-state index contributed by atoms with van der Waals surface area (Å²) in [6.07, 6.45) is 1.51. The van der Waals surface area contributed by atoms with Crippen LogP contribution in [0.4, 0.5) is 0 Å². The second kappa shape index (κ2) is 4.40. The maximum atomic E-state index is 12.1. The minimum absolute atomic E-state index is 0.0796. The van der Waals surface area contributed by atoms with Crippen molar-refractivity contribution in [1.82, 2.24) is 9.97 Å². The first-order valence-electron chi connectivity index (χ1n) is 5.58. The largest absolute Gasteiger partial charge is 0.379 e. The molecule has 6 heteroatoms. The lowest BCUT2D eigenvalue weighted by atomic mass is 10.3. The van der Waals surface area contributed by atoms with E-state index in [0.29, 0.717) is 5.52 Å². The van der Waals surface area contributed by atoms with E-state index < -0.39 is 10.1 Å². The van der Waals surface area contributed by atoms with E-state index in [9.17, 15) is 8.42 Å². The summed E-state index contributed by atoms with van der Waals surface area (Å²) in [4.78, 5) is 7.01. The zero-order valence-electron chi connectivity index (χ0n) is 9.78. The summed E-state index contributed by atoms with van der Waals surface area (Å²) in [5.41, 5.74) is 1.36. The predicted octanol–water partition coefficient (Wildman–Crippen LogP) is 2.33. The molecule has 0 amide bonds. The van der Waals surface area contributed by atoms with Crippen molar-refractivity contribution < 1.29 is 12.6 Å². The summed E-state index contributed by atoms with van der Waals surface area (Å²) in [5, 5.41) is 0. The quantitative estimate of drug-likeness (QED) is 0.744. The lowest BCUT2D eigenvalue weighted by Crippen LogP contribution is -2.09. The molecule has 96 valence electrons. The molecule has 3 rings (SSSR count). The first-order chi connectivity index (χ1) is 9.15. The van der Waals surface area contributed by atoms with Gasteiger partial charge in [-0.3, -0.25) is 0 Å². The molecule has 1 N–H and O–H groups in total. The van der Waals surface area contributed by atoms with Gasteiger partial charge in [0.2, 0.25) is 0 Å². The number of benzene rings is 2. The number of aromatic nitrogens is 2. The lowest BCUT2D eigenvalue weighted by molar-refractivity contribution is 0.486. The van der Waals surface area contributed by atoms with Crippen LogP contribution in [0.2, 0.25) is 0 Å². The molecule has 0 saturated heterocycles. The number of imidazole rings is 1. The molecular weight excluding hydrogens is 264 g/mol. The van der Waals surface area contributed by atoms with Crippen LogP contribution in [0, 0.1) is 0 Å². The molecule has 19 heavy (non-hydrogen) atoms. The molecule has 0 bridgehead atoms. The van der Waals surface area contributed by atoms with Gasteiger partial charge in [0.05, 0.1) is 17.4 Å². The van der Waals surface area contributed by atoms with Gasteiger partial charge in [0.15, 0.2) is 0 Å². The molecular formula is C13H10N2O3S. The van der Waals surface area contributed by atoms with E-state index in [1.165, 1.54) is 18.5 Å². The molecule has 5 nitrogen and oxygen atoms in total. The molecule has 1 heterocycles. The van der Waals surface area contributed by atoms with Crippen LogP contribution in [0.1, 0.15) is 0 Å². The van der Waals surface area contributed by atoms with Gasteiger partial charge in [-0.1, -0.05) is 18.2 Å². The SMILES string of the molecule is O=S(=O)(Oc1ccccc1)c1ccc2[nH]cnc2c1. The summed E-state index contributed by atoms with van der Waals surface area (Å²) in [5.74, 6) is 0.282. The number of hydrogen-bond donors (Lipinski definition) is 1. The molecule has 0 fully saturated rings. The average Bonchev–Trinajstić information content (AvgIpc) is 2.86. The molecule has 3 aromatic rings. The summed E-state index contributed by atoms with van der Waals surface area (Å²) in [7, 11) is -3.84. The van der Waals surface area contributed by atoms with E-state index in [2.05, 4.69) is 9.97 Å². The maximum absolute atomic E-state index is 12.1. The molecule has 0 saturated carbocycles. The Labute approximate surface area is 110 Å². The van der Waals surface area contributed by atoms with Gasteiger partial charge in [-0.2, -0.15) is 8.42 Å². The van der Waals surface area contributed by atoms with Crippen molar-refractivity contribution in [3.63, 3.8) is 0 Å². The Morgan fingerprint density at radius 3 is 2.63 bits per heavy atom. The second-order valence-corrected chi connectivity index (χ2v) is 5.48. The third-order valence-electron chi connectivity index (χ3n) is 2.63. The van der Waals surface area contributed by atoms with E-state index in [0.717, 1.165) is 5.52 Å². The van der Waals surface area contributed by atoms with Crippen LogP contribution in [0.15, 0.2) is 59.8 Å². The van der Waals surface area contributed by atoms with Crippen LogP contribution >= 0.6 is 0 Å². The van der Waals surface area contributed by atoms with Crippen LogP contribution in [0.25, 0.3) is 11.0 Å². The monoisotopic (exact) mass is 274 g/mol. The third kappa shape index (κ3) is 2.30. The summed E-state index contributed by atoms with van der Waals surface area (Å²) in [6.45, 7) is 0. The Hall–Kier alpha value is -2.34. The van der Waals surface area contributed by atoms with Crippen molar-refractivity contribution in [2.75, 3.05) is 0 Å². The fourth-order valence-electron chi connectivity index (χ4n) is 1.72. The van der Waals surface area contributed by atoms with Crippen LogP contribution in [-0.4, -0.2) is 18.4 Å². The van der Waals surface area contributed by atoms with Crippen molar-refractivity contribution in [2.24, 2.45) is 0 Å². The maximum Gasteiger partial charge on any atom is 0.339 e. The molecule has 0 unspecified atom stereocenters. The number of hydrogen-bond acceptors (Lipinski definition) is 4. The van der Waals surface area contributed by atoms with E-state index in [1.807, 2.05) is 0 Å². The first kappa shape index (κ1) is 11.7. The highest BCUT2D eigenvalue weighted by Gasteiger charge is 2.17. The topological polar surface area (TPSA) is 72.1 Å². The van der Waals surface area contributed by atoms with Crippen molar-refractivity contribution in [3.05, 3.63) is 54.9 Å². The van der Waals surface area contributed by atoms with Crippen LogP contribution in [0.3, 0.4) is 0 Å². The van der Waals surface area contributed by atoms with Gasteiger partial charge in [-0.15, -0.1) is 0 Å². The smallest absolute Gasteiger partial charge is 0.339 e. The van der Waals surface area contributed by atoms with Crippen LogP contribution < -0.4 is 4.18 Å². The molecule has 0 atom stereocenters. The van der Waals surface area contributed by atoms with Gasteiger partial charge in [-0.25, -0.2) is 4.98 Å². The summed E-state index contributed by atoms with van der Waals surface area (Å²) in [6, 6.07) is 13.0. The molecule has 0 radical (unpaired) electrons. The van der Waals surface area contributed by atoms with Gasteiger partial charge < -0.3 is 9.17 Å². The average molecular weight is 274 g/mol. The Kier molecular flexibility index (Phi) is 2.72. The number of fused-ring (bicyclic) bond motifs is 1. The lowest BCUT2D eigenvalue weighted by Gasteiger charge is -2.06. The molecule has 0 aliphatic heterocycles. The van der Waals surface area contributed by atoms with Gasteiger partial charge >= 0.3 is 10.1 Å². The summed E-state index contributed by atoms with van der Waals surface area (Å²) >= 11 is 0. The fraction of sp³-hybridized carbons (Fsp3) is 0. The minimum Gasteiger partial charge on any atom is -0.379 e. The van der Waals surface area contributed by atoms with E-state index in [4.69, 9.17) is 4.18 Å². The Balaban J connectivity index is 1.99. The van der Waals surface area contributed by atoms with E-state index in [1.54, 1.807) is 36.4 Å². The molecule has 2 aromatic carbocycles. The van der Waals surface area contributed by atoms with Crippen molar-refractivity contribution in [1.29, 1.82) is 0 Å². The van der Waals surface area contributed by atoms with Crippen LogP contribution in [-0.2, 0) is 10.1 Å². The molecule has 1 aromatic heterocycles. The molecule has 0 spiro atoms. The standard InChI is InChI=1S/C13H10N2O3S/c16-19(17,18-10-4-2-1-3-5-10)11-6-7-12-13(8-11)15-9-14-12/h1-9H,(H,14,15). The number of rotatable bonds is 3. The highest BCUT2D eigenvalue weighted by Crippen LogP contribution is 2.20. The van der Waals surface area contributed by atoms with Crippen molar-refractivity contribution in [2.45, 2.75) is 4.90 Å². The van der Waals surface area contributed by atoms with Gasteiger partial charge in [-0.05, 0) is 30.3 Å². The zero-order chi connectivity index (χ0) is 13.3. The minimum atomic E-state index is -3.84.